The molecule has 2 aliphatic rings. The number of halogens is 1. The SMILES string of the molecule is COc1cccc(C2NC(Cc3ccc(O)cc3)(C(=O)O)C3C(=O)N(c4ccc(C)c(Cl)c4)C(=O)C23)c1O. The molecular formula is C28H25ClN2O7. The number of fused-ring (bicyclic) bond motifs is 1. The van der Waals surface area contributed by atoms with E-state index in [9.17, 15) is 29.7 Å². The summed E-state index contributed by atoms with van der Waals surface area (Å²) < 4.78 is 5.23. The first-order valence-corrected chi connectivity index (χ1v) is 12.3. The van der Waals surface area contributed by atoms with Crippen LogP contribution in [0.2, 0.25) is 5.02 Å². The zero-order valence-electron chi connectivity index (χ0n) is 20.5. The van der Waals surface area contributed by atoms with Gasteiger partial charge in [-0.05, 0) is 48.4 Å². The third-order valence-electron chi connectivity index (χ3n) is 7.45. The Balaban J connectivity index is 1.69. The van der Waals surface area contributed by atoms with Gasteiger partial charge in [0.25, 0.3) is 0 Å². The van der Waals surface area contributed by atoms with Crippen molar-refractivity contribution in [3.63, 3.8) is 0 Å². The highest BCUT2D eigenvalue weighted by molar-refractivity contribution is 6.32. The number of hydrogen-bond donors (Lipinski definition) is 4. The number of para-hydroxylation sites is 1. The van der Waals surface area contributed by atoms with Gasteiger partial charge in [0.2, 0.25) is 11.8 Å². The van der Waals surface area contributed by atoms with Crippen LogP contribution in [0, 0.1) is 18.8 Å². The van der Waals surface area contributed by atoms with E-state index in [-0.39, 0.29) is 34.9 Å². The molecule has 0 saturated carbocycles. The maximum atomic E-state index is 14.0. The molecule has 5 rings (SSSR count). The fraction of sp³-hybridized carbons (Fsp3) is 0.250. The first-order chi connectivity index (χ1) is 18.1. The number of nitrogens with zero attached hydrogens (tertiary/aromatic N) is 1. The van der Waals surface area contributed by atoms with Crippen molar-refractivity contribution in [1.82, 2.24) is 5.32 Å². The van der Waals surface area contributed by atoms with E-state index >= 15 is 0 Å². The number of phenols is 2. The number of anilines is 1. The van der Waals surface area contributed by atoms with Gasteiger partial charge in [0.15, 0.2) is 11.5 Å². The van der Waals surface area contributed by atoms with E-state index in [0.717, 1.165) is 10.5 Å². The van der Waals surface area contributed by atoms with E-state index in [1.807, 2.05) is 0 Å². The molecule has 4 unspecified atom stereocenters. The van der Waals surface area contributed by atoms with Gasteiger partial charge in [-0.1, -0.05) is 41.9 Å². The number of aliphatic carboxylic acids is 1. The lowest BCUT2D eigenvalue weighted by molar-refractivity contribution is -0.148. The Morgan fingerprint density at radius 1 is 1.08 bits per heavy atom. The smallest absolute Gasteiger partial charge is 0.325 e. The first-order valence-electron chi connectivity index (χ1n) is 11.9. The molecule has 38 heavy (non-hydrogen) atoms. The molecule has 3 aromatic carbocycles. The number of rotatable bonds is 6. The Morgan fingerprint density at radius 3 is 2.42 bits per heavy atom. The summed E-state index contributed by atoms with van der Waals surface area (Å²) >= 11 is 6.29. The zero-order valence-corrected chi connectivity index (χ0v) is 21.3. The van der Waals surface area contributed by atoms with Gasteiger partial charge < -0.3 is 20.1 Å². The van der Waals surface area contributed by atoms with E-state index in [0.29, 0.717) is 10.6 Å². The molecule has 0 spiro atoms. The number of benzene rings is 3. The molecule has 0 aromatic heterocycles. The first kappa shape index (κ1) is 25.6. The molecule has 2 fully saturated rings. The number of hydrogen-bond acceptors (Lipinski definition) is 7. The summed E-state index contributed by atoms with van der Waals surface area (Å²) in [6.45, 7) is 1.78. The Bertz CT molecular complexity index is 1460. The zero-order chi connectivity index (χ0) is 27.4. The molecule has 2 aliphatic heterocycles. The van der Waals surface area contributed by atoms with E-state index in [1.54, 1.807) is 43.3 Å². The van der Waals surface area contributed by atoms with Crippen molar-refractivity contribution in [3.8, 4) is 17.2 Å². The van der Waals surface area contributed by atoms with Crippen molar-refractivity contribution in [2.75, 3.05) is 12.0 Å². The van der Waals surface area contributed by atoms with Crippen LogP contribution in [-0.2, 0) is 20.8 Å². The molecule has 10 heteroatoms. The Hall–Kier alpha value is -4.08. The molecule has 0 aliphatic carbocycles. The number of aryl methyl sites for hydroxylation is 1. The van der Waals surface area contributed by atoms with Crippen LogP contribution in [0.15, 0.2) is 60.7 Å². The van der Waals surface area contributed by atoms with Crippen LogP contribution >= 0.6 is 11.6 Å². The van der Waals surface area contributed by atoms with Gasteiger partial charge in [-0.3, -0.25) is 19.7 Å². The maximum absolute atomic E-state index is 14.0. The summed E-state index contributed by atoms with van der Waals surface area (Å²) in [7, 11) is 1.38. The van der Waals surface area contributed by atoms with Crippen molar-refractivity contribution < 1.29 is 34.4 Å². The van der Waals surface area contributed by atoms with Gasteiger partial charge in [0.05, 0.1) is 24.6 Å². The lowest BCUT2D eigenvalue weighted by Crippen LogP contribution is -2.57. The fourth-order valence-electron chi connectivity index (χ4n) is 5.57. The number of ether oxygens (including phenoxy) is 1. The van der Waals surface area contributed by atoms with Crippen molar-refractivity contribution in [2.45, 2.75) is 24.9 Å². The molecule has 4 atom stereocenters. The van der Waals surface area contributed by atoms with E-state index in [1.165, 1.54) is 31.4 Å². The Labute approximate surface area is 223 Å². The number of nitrogens with one attached hydrogen (secondary N) is 1. The van der Waals surface area contributed by atoms with Crippen LogP contribution in [0.5, 0.6) is 17.2 Å². The van der Waals surface area contributed by atoms with Crippen LogP contribution in [0.1, 0.15) is 22.7 Å². The van der Waals surface area contributed by atoms with Crippen LogP contribution in [0.3, 0.4) is 0 Å². The third-order valence-corrected chi connectivity index (χ3v) is 7.86. The second-order valence-corrected chi connectivity index (χ2v) is 10.00. The minimum Gasteiger partial charge on any atom is -0.508 e. The van der Waals surface area contributed by atoms with Gasteiger partial charge in [-0.15, -0.1) is 0 Å². The highest BCUT2D eigenvalue weighted by atomic mass is 35.5. The third kappa shape index (κ3) is 3.86. The fourth-order valence-corrected chi connectivity index (χ4v) is 5.75. The standard InChI is InChI=1S/C28H25ClN2O7/c1-14-6-9-16(12-19(14)29)31-25(34)21-22(26(31)35)28(27(36)37,13-15-7-10-17(32)11-8-15)30-23(21)18-4-3-5-20(38-2)24(18)33/h3-12,21-23,30,32-33H,13H2,1-2H3,(H,36,37). The van der Waals surface area contributed by atoms with Crippen LogP contribution in [0.25, 0.3) is 0 Å². The van der Waals surface area contributed by atoms with Crippen molar-refractivity contribution in [2.24, 2.45) is 11.8 Å². The number of carboxylic acids is 1. The van der Waals surface area contributed by atoms with Crippen molar-refractivity contribution >= 4 is 35.1 Å². The van der Waals surface area contributed by atoms with Gasteiger partial charge in [0.1, 0.15) is 11.3 Å². The number of amides is 2. The van der Waals surface area contributed by atoms with Crippen LogP contribution in [-0.4, -0.2) is 45.8 Å². The average Bonchev–Trinajstić information content (AvgIpc) is 3.36. The predicted octanol–water partition coefficient (Wildman–Crippen LogP) is 3.58. The molecule has 9 nitrogen and oxygen atoms in total. The number of carbonyl (C=O) groups is 3. The normalized spacial score (nSPS) is 24.5. The predicted molar refractivity (Wildman–Crippen MR) is 138 cm³/mol. The number of aromatic hydroxyl groups is 2. The Kier molecular flexibility index (Phi) is 6.28. The maximum Gasteiger partial charge on any atom is 0.325 e. The number of carbonyl (C=O) groups excluding carboxylic acids is 2. The minimum atomic E-state index is -1.90. The topological polar surface area (TPSA) is 136 Å². The summed E-state index contributed by atoms with van der Waals surface area (Å²) in [5.74, 6) is -5.17. The number of phenolic OH excluding ortho intramolecular Hbond substituents is 2. The van der Waals surface area contributed by atoms with Gasteiger partial charge >= 0.3 is 5.97 Å². The van der Waals surface area contributed by atoms with Crippen molar-refractivity contribution in [3.05, 3.63) is 82.4 Å². The lowest BCUT2D eigenvalue weighted by atomic mass is 9.76. The molecule has 2 amide bonds. The van der Waals surface area contributed by atoms with E-state index in [2.05, 4.69) is 5.32 Å². The quantitative estimate of drug-likeness (QED) is 0.351. The van der Waals surface area contributed by atoms with Crippen LogP contribution < -0.4 is 15.0 Å². The average molecular weight is 537 g/mol. The lowest BCUT2D eigenvalue weighted by Gasteiger charge is -2.31. The second kappa shape index (κ2) is 9.34. The van der Waals surface area contributed by atoms with E-state index < -0.39 is 41.2 Å². The minimum absolute atomic E-state index is 0.00380. The molecule has 0 radical (unpaired) electrons. The Morgan fingerprint density at radius 2 is 1.79 bits per heavy atom. The summed E-state index contributed by atoms with van der Waals surface area (Å²) in [6.07, 6.45) is -0.160. The van der Waals surface area contributed by atoms with Crippen molar-refractivity contribution in [1.29, 1.82) is 0 Å². The molecule has 2 saturated heterocycles. The highest BCUT2D eigenvalue weighted by Crippen LogP contribution is 2.53. The molecule has 2 heterocycles. The van der Waals surface area contributed by atoms with E-state index in [4.69, 9.17) is 16.3 Å². The molecular weight excluding hydrogens is 512 g/mol. The molecule has 3 aromatic rings. The monoisotopic (exact) mass is 536 g/mol. The molecule has 0 bridgehead atoms. The largest absolute Gasteiger partial charge is 0.508 e. The highest BCUT2D eigenvalue weighted by Gasteiger charge is 2.69. The van der Waals surface area contributed by atoms with Gasteiger partial charge in [0, 0.05) is 23.0 Å². The summed E-state index contributed by atoms with van der Waals surface area (Å²) in [6, 6.07) is 14.4. The molecule has 196 valence electrons. The summed E-state index contributed by atoms with van der Waals surface area (Å²) in [4.78, 5) is 41.9. The molecule has 4 N–H and O–H groups in total. The van der Waals surface area contributed by atoms with Gasteiger partial charge in [-0.25, -0.2) is 4.90 Å². The second-order valence-electron chi connectivity index (χ2n) is 9.59. The summed E-state index contributed by atoms with van der Waals surface area (Å²) in [5, 5.41) is 34.7. The number of imide groups is 1. The number of carboxylic acid groups (broad SMARTS) is 1. The van der Waals surface area contributed by atoms with Crippen LogP contribution in [0.4, 0.5) is 5.69 Å². The number of methoxy groups -OCH3 is 1. The van der Waals surface area contributed by atoms with Gasteiger partial charge in [-0.2, -0.15) is 0 Å². The summed E-state index contributed by atoms with van der Waals surface area (Å²) in [5.41, 5.74) is -0.148.